The lowest BCUT2D eigenvalue weighted by Gasteiger charge is -2.29. The first-order chi connectivity index (χ1) is 7.13. The van der Waals surface area contributed by atoms with Gasteiger partial charge in [-0.25, -0.2) is 0 Å². The Morgan fingerprint density at radius 1 is 1.33 bits per heavy atom. The zero-order valence-electron chi connectivity index (χ0n) is 10.9. The monoisotopic (exact) mass is 212 g/mol. The van der Waals surface area contributed by atoms with E-state index in [1.165, 1.54) is 38.8 Å². The SMILES string of the molecule is CCCC(CNC1CC1)N(C)CC(C)C. The van der Waals surface area contributed by atoms with Crippen molar-refractivity contribution in [1.82, 2.24) is 10.2 Å². The van der Waals surface area contributed by atoms with E-state index in [0.29, 0.717) is 0 Å². The second-order valence-electron chi connectivity index (χ2n) is 5.46. The van der Waals surface area contributed by atoms with Gasteiger partial charge in [0.25, 0.3) is 0 Å². The maximum absolute atomic E-state index is 3.65. The molecule has 1 atom stereocenters. The molecule has 1 unspecified atom stereocenters. The van der Waals surface area contributed by atoms with E-state index in [4.69, 9.17) is 0 Å². The molecule has 0 radical (unpaired) electrons. The van der Waals surface area contributed by atoms with Crippen LogP contribution >= 0.6 is 0 Å². The summed E-state index contributed by atoms with van der Waals surface area (Å²) in [7, 11) is 2.27. The normalized spacial score (nSPS) is 18.8. The summed E-state index contributed by atoms with van der Waals surface area (Å²) in [6.07, 6.45) is 5.40. The van der Waals surface area contributed by atoms with Gasteiger partial charge in [-0.2, -0.15) is 0 Å². The Labute approximate surface area is 95.4 Å². The van der Waals surface area contributed by atoms with Gasteiger partial charge in [-0.15, -0.1) is 0 Å². The average molecular weight is 212 g/mol. The van der Waals surface area contributed by atoms with Crippen LogP contribution in [0.25, 0.3) is 0 Å². The molecule has 0 saturated heterocycles. The number of nitrogens with one attached hydrogen (secondary N) is 1. The van der Waals surface area contributed by atoms with Gasteiger partial charge in [-0.1, -0.05) is 27.2 Å². The van der Waals surface area contributed by atoms with Gasteiger partial charge in [0.1, 0.15) is 0 Å². The summed E-state index contributed by atoms with van der Waals surface area (Å²) in [5, 5.41) is 3.65. The third-order valence-corrected chi connectivity index (χ3v) is 3.12. The van der Waals surface area contributed by atoms with Crippen LogP contribution in [0.1, 0.15) is 46.5 Å². The summed E-state index contributed by atoms with van der Waals surface area (Å²) in [5.41, 5.74) is 0. The first-order valence-electron chi connectivity index (χ1n) is 6.57. The van der Waals surface area contributed by atoms with Gasteiger partial charge in [-0.3, -0.25) is 0 Å². The fraction of sp³-hybridized carbons (Fsp3) is 1.00. The van der Waals surface area contributed by atoms with Crippen molar-refractivity contribution in [2.24, 2.45) is 5.92 Å². The third kappa shape index (κ3) is 5.53. The first-order valence-corrected chi connectivity index (χ1v) is 6.57. The molecule has 1 fully saturated rings. The van der Waals surface area contributed by atoms with Crippen LogP contribution < -0.4 is 5.32 Å². The van der Waals surface area contributed by atoms with Crippen LogP contribution in [0.3, 0.4) is 0 Å². The van der Waals surface area contributed by atoms with Crippen molar-refractivity contribution >= 4 is 0 Å². The Morgan fingerprint density at radius 2 is 2.00 bits per heavy atom. The Bertz CT molecular complexity index is 164. The van der Waals surface area contributed by atoms with Crippen molar-refractivity contribution < 1.29 is 0 Å². The topological polar surface area (TPSA) is 15.3 Å². The molecule has 0 aromatic carbocycles. The lowest BCUT2D eigenvalue weighted by molar-refractivity contribution is 0.200. The molecule has 1 N–H and O–H groups in total. The summed E-state index contributed by atoms with van der Waals surface area (Å²) >= 11 is 0. The third-order valence-electron chi connectivity index (χ3n) is 3.12. The molecule has 1 rings (SSSR count). The Kier molecular flexibility index (Phi) is 5.62. The summed E-state index contributed by atoms with van der Waals surface area (Å²) in [6.45, 7) is 9.29. The number of rotatable bonds is 8. The van der Waals surface area contributed by atoms with Crippen LogP contribution in [0, 0.1) is 5.92 Å². The van der Waals surface area contributed by atoms with Crippen molar-refractivity contribution in [1.29, 1.82) is 0 Å². The number of likely N-dealkylation sites (N-methyl/N-ethyl adjacent to an activating group) is 1. The second-order valence-corrected chi connectivity index (χ2v) is 5.46. The van der Waals surface area contributed by atoms with Crippen LogP contribution in [0.4, 0.5) is 0 Å². The van der Waals surface area contributed by atoms with Gasteiger partial charge in [0, 0.05) is 25.2 Å². The largest absolute Gasteiger partial charge is 0.312 e. The molecule has 0 spiro atoms. The van der Waals surface area contributed by atoms with Crippen LogP contribution in [-0.4, -0.2) is 37.1 Å². The Hall–Kier alpha value is -0.0800. The summed E-state index contributed by atoms with van der Waals surface area (Å²) < 4.78 is 0. The van der Waals surface area contributed by atoms with Gasteiger partial charge in [0.2, 0.25) is 0 Å². The molecule has 0 aliphatic heterocycles. The number of hydrogen-bond donors (Lipinski definition) is 1. The second kappa shape index (κ2) is 6.49. The van der Waals surface area contributed by atoms with Crippen molar-refractivity contribution in [2.75, 3.05) is 20.1 Å². The van der Waals surface area contributed by atoms with E-state index < -0.39 is 0 Å². The van der Waals surface area contributed by atoms with Crippen molar-refractivity contribution in [3.63, 3.8) is 0 Å². The van der Waals surface area contributed by atoms with E-state index >= 15 is 0 Å². The van der Waals surface area contributed by atoms with E-state index in [2.05, 4.69) is 38.0 Å². The molecule has 0 heterocycles. The quantitative estimate of drug-likeness (QED) is 0.665. The van der Waals surface area contributed by atoms with Crippen molar-refractivity contribution in [3.05, 3.63) is 0 Å². The van der Waals surface area contributed by atoms with Gasteiger partial charge < -0.3 is 10.2 Å². The molecule has 0 amide bonds. The van der Waals surface area contributed by atoms with Crippen LogP contribution in [0.5, 0.6) is 0 Å². The summed E-state index contributed by atoms with van der Waals surface area (Å²) in [6, 6.07) is 1.58. The summed E-state index contributed by atoms with van der Waals surface area (Å²) in [5.74, 6) is 0.773. The highest BCUT2D eigenvalue weighted by Gasteiger charge is 2.23. The van der Waals surface area contributed by atoms with E-state index in [0.717, 1.165) is 18.0 Å². The molecule has 2 nitrogen and oxygen atoms in total. The first kappa shape index (κ1) is 13.0. The highest BCUT2D eigenvalue weighted by molar-refractivity contribution is 4.83. The van der Waals surface area contributed by atoms with E-state index in [-0.39, 0.29) is 0 Å². The van der Waals surface area contributed by atoms with E-state index in [1.54, 1.807) is 0 Å². The Morgan fingerprint density at radius 3 is 2.47 bits per heavy atom. The Balaban J connectivity index is 2.25. The van der Waals surface area contributed by atoms with Gasteiger partial charge >= 0.3 is 0 Å². The van der Waals surface area contributed by atoms with Crippen LogP contribution in [0.15, 0.2) is 0 Å². The zero-order chi connectivity index (χ0) is 11.3. The fourth-order valence-corrected chi connectivity index (χ4v) is 2.13. The van der Waals surface area contributed by atoms with Crippen LogP contribution in [0.2, 0.25) is 0 Å². The number of nitrogens with zero attached hydrogens (tertiary/aromatic N) is 1. The van der Waals surface area contributed by atoms with Gasteiger partial charge in [0.15, 0.2) is 0 Å². The molecular weight excluding hydrogens is 184 g/mol. The lowest BCUT2D eigenvalue weighted by atomic mass is 10.1. The summed E-state index contributed by atoms with van der Waals surface area (Å²) in [4.78, 5) is 2.53. The molecule has 1 saturated carbocycles. The average Bonchev–Trinajstić information content (AvgIpc) is 2.94. The van der Waals surface area contributed by atoms with Crippen molar-refractivity contribution in [2.45, 2.75) is 58.5 Å². The molecule has 1 aliphatic carbocycles. The maximum atomic E-state index is 3.65. The maximum Gasteiger partial charge on any atom is 0.0217 e. The molecule has 0 aromatic rings. The molecule has 15 heavy (non-hydrogen) atoms. The zero-order valence-corrected chi connectivity index (χ0v) is 10.9. The lowest BCUT2D eigenvalue weighted by Crippen LogP contribution is -2.42. The van der Waals surface area contributed by atoms with Gasteiger partial charge in [0.05, 0.1) is 0 Å². The highest BCUT2D eigenvalue weighted by Crippen LogP contribution is 2.19. The molecule has 0 bridgehead atoms. The van der Waals surface area contributed by atoms with E-state index in [9.17, 15) is 0 Å². The predicted octanol–water partition coefficient (Wildman–Crippen LogP) is 2.49. The van der Waals surface area contributed by atoms with E-state index in [1.807, 2.05) is 0 Å². The molecule has 2 heteroatoms. The molecular formula is C13H28N2. The minimum absolute atomic E-state index is 0.734. The standard InChI is InChI=1S/C13H28N2/c1-5-6-13(9-14-12-7-8-12)15(4)10-11(2)3/h11-14H,5-10H2,1-4H3. The predicted molar refractivity (Wildman–Crippen MR) is 67.2 cm³/mol. The molecule has 1 aliphatic rings. The molecule has 0 aromatic heterocycles. The number of hydrogen-bond acceptors (Lipinski definition) is 2. The molecule has 90 valence electrons. The van der Waals surface area contributed by atoms with Crippen molar-refractivity contribution in [3.8, 4) is 0 Å². The fourth-order valence-electron chi connectivity index (χ4n) is 2.13. The van der Waals surface area contributed by atoms with Gasteiger partial charge in [-0.05, 0) is 32.2 Å². The minimum atomic E-state index is 0.734. The minimum Gasteiger partial charge on any atom is -0.312 e. The van der Waals surface area contributed by atoms with Crippen LogP contribution in [-0.2, 0) is 0 Å². The smallest absolute Gasteiger partial charge is 0.0217 e. The highest BCUT2D eigenvalue weighted by atomic mass is 15.2.